The molecule has 0 atom stereocenters. The molecule has 0 fully saturated rings. The number of nitrogens with zero attached hydrogens (tertiary/aromatic N) is 4. The molecule has 0 aliphatic rings. The van der Waals surface area contributed by atoms with Crippen molar-refractivity contribution in [1.82, 2.24) is 19.6 Å². The molecular weight excluding hydrogens is 938 g/mol. The van der Waals surface area contributed by atoms with E-state index < -0.39 is 35.0 Å². The Hall–Kier alpha value is -3.48. The molecule has 286 valence electrons. The number of aromatic nitrogens is 4. The molecule has 0 aliphatic heterocycles. The fraction of sp³-hybridized carbons (Fsp3) is 0.158. The van der Waals surface area contributed by atoms with Crippen molar-refractivity contribution >= 4 is 60.9 Å². The standard InChI is InChI=1S/C19H16BrF3N2O.C18H12BrF3N2O2.CH3.BrH.Mg/c1-18(2,26)17-11-16(12-7-9-13(20)10-8-12)25(24-17)15-6-4-3-5-14(15)19(21,22)23;1-26-17(25)14-10-16(11-6-8-12(19)9-7-11)24(23-14)15-5-3-2-4-13(15)18(20,21)22;;;/h3-11,26H,1-2H3;2-10H,1H3;1H3;1H;/q;;-1;;+2/p-1. The second kappa shape index (κ2) is 19.1. The summed E-state index contributed by atoms with van der Waals surface area (Å²) in [6.07, 6.45) is -9.08. The molecule has 1 N–H and O–H groups in total. The predicted octanol–water partition coefficient (Wildman–Crippen LogP) is 7.73. The summed E-state index contributed by atoms with van der Waals surface area (Å²) in [5, 5.41) is 18.6. The monoisotopic (exact) mass is 966 g/mol. The number of benzene rings is 4. The van der Waals surface area contributed by atoms with Crippen molar-refractivity contribution < 1.29 is 58.0 Å². The number of alkyl halides is 6. The van der Waals surface area contributed by atoms with Gasteiger partial charge in [-0.1, -0.05) is 80.4 Å². The first-order valence-electron chi connectivity index (χ1n) is 15.2. The van der Waals surface area contributed by atoms with Gasteiger partial charge < -0.3 is 34.3 Å². The van der Waals surface area contributed by atoms with E-state index in [2.05, 4.69) is 46.8 Å². The van der Waals surface area contributed by atoms with Crippen LogP contribution in [0.15, 0.2) is 118 Å². The Morgan fingerprint density at radius 3 is 1.44 bits per heavy atom. The first-order valence-corrected chi connectivity index (χ1v) is 16.8. The van der Waals surface area contributed by atoms with E-state index in [9.17, 15) is 36.2 Å². The van der Waals surface area contributed by atoms with Gasteiger partial charge in [0.05, 0.1) is 46.7 Å². The van der Waals surface area contributed by atoms with E-state index >= 15 is 0 Å². The minimum absolute atomic E-state index is 0. The van der Waals surface area contributed by atoms with Crippen molar-refractivity contribution in [2.75, 3.05) is 7.11 Å². The number of aliphatic hydroxyl groups is 1. The van der Waals surface area contributed by atoms with Gasteiger partial charge in [-0.15, -0.1) is 0 Å². The van der Waals surface area contributed by atoms with E-state index in [1.807, 2.05) is 0 Å². The fourth-order valence-electron chi connectivity index (χ4n) is 5.08. The van der Waals surface area contributed by atoms with Crippen molar-refractivity contribution in [3.8, 4) is 33.9 Å². The van der Waals surface area contributed by atoms with Crippen LogP contribution in [-0.2, 0) is 22.7 Å². The van der Waals surface area contributed by atoms with Gasteiger partial charge in [0.1, 0.15) is 5.60 Å². The van der Waals surface area contributed by atoms with Crippen molar-refractivity contribution in [1.29, 1.82) is 0 Å². The third-order valence-corrected chi connectivity index (χ3v) is 8.65. The number of hydrogen-bond donors (Lipinski definition) is 1. The molecule has 0 spiro atoms. The number of halogens is 9. The summed E-state index contributed by atoms with van der Waals surface area (Å²) in [7, 11) is 1.18. The van der Waals surface area contributed by atoms with Gasteiger partial charge in [0, 0.05) is 20.1 Å². The molecule has 0 saturated heterocycles. The van der Waals surface area contributed by atoms with Crippen LogP contribution in [0.3, 0.4) is 0 Å². The number of carbonyl (C=O) groups is 1. The Morgan fingerprint density at radius 1 is 0.673 bits per heavy atom. The van der Waals surface area contributed by atoms with Gasteiger partial charge in [0.25, 0.3) is 0 Å². The molecular formula is C38H31Br3F6MgN4O3. The third kappa shape index (κ3) is 11.3. The number of methoxy groups -OCH3 is 1. The van der Waals surface area contributed by atoms with Gasteiger partial charge in [-0.25, -0.2) is 14.2 Å². The quantitative estimate of drug-likeness (QED) is 0.0801. The first-order chi connectivity index (χ1) is 24.4. The van der Waals surface area contributed by atoms with Gasteiger partial charge in [-0.05, 0) is 74.5 Å². The molecule has 17 heteroatoms. The molecule has 2 aromatic heterocycles. The minimum atomic E-state index is -4.56. The molecule has 0 amide bonds. The van der Waals surface area contributed by atoms with Crippen LogP contribution in [0, 0.1) is 7.43 Å². The van der Waals surface area contributed by atoms with Gasteiger partial charge in [-0.2, -0.15) is 36.5 Å². The Bertz CT molecular complexity index is 2200. The van der Waals surface area contributed by atoms with Crippen molar-refractivity contribution in [3.05, 3.63) is 148 Å². The molecule has 0 radical (unpaired) electrons. The van der Waals surface area contributed by atoms with Crippen LogP contribution >= 0.6 is 31.9 Å². The topological polar surface area (TPSA) is 82.2 Å². The van der Waals surface area contributed by atoms with Gasteiger partial charge in [0.15, 0.2) is 5.69 Å². The maximum Gasteiger partial charge on any atom is 2.00 e. The largest absolute Gasteiger partial charge is 2.00 e. The van der Waals surface area contributed by atoms with Crippen LogP contribution in [0.5, 0.6) is 0 Å². The van der Waals surface area contributed by atoms with Crippen LogP contribution in [0.4, 0.5) is 26.3 Å². The number of carbonyl (C=O) groups excluding carboxylic acids is 1. The van der Waals surface area contributed by atoms with Gasteiger partial charge in [0.2, 0.25) is 0 Å². The zero-order valence-corrected chi connectivity index (χ0v) is 35.7. The number of rotatable bonds is 6. The molecule has 0 aliphatic carbocycles. The van der Waals surface area contributed by atoms with E-state index in [-0.39, 0.29) is 70.2 Å². The Labute approximate surface area is 356 Å². The SMILES string of the molecule is CC(C)(O)c1cc(-c2ccc(Br)cc2)n(-c2ccccc2C(F)(F)F)n1.COC(=O)c1cc(-c2ccc(Br)cc2)n(-c2ccccc2C(F)(F)F)n1.[Br-].[CH3-].[Mg+2]. The fourth-order valence-corrected chi connectivity index (χ4v) is 5.61. The van der Waals surface area contributed by atoms with Crippen LogP contribution in [0.25, 0.3) is 33.9 Å². The number of para-hydroxylation sites is 2. The summed E-state index contributed by atoms with van der Waals surface area (Å²) in [6, 6.07) is 27.4. The first kappa shape index (κ1) is 47.7. The normalized spacial score (nSPS) is 11.3. The van der Waals surface area contributed by atoms with Crippen LogP contribution in [0.2, 0.25) is 0 Å². The van der Waals surface area contributed by atoms with E-state index in [0.717, 1.165) is 25.8 Å². The number of esters is 1. The van der Waals surface area contributed by atoms with Crippen molar-refractivity contribution in [2.45, 2.75) is 31.8 Å². The van der Waals surface area contributed by atoms with E-state index in [1.165, 1.54) is 54.3 Å². The Kier molecular flexibility index (Phi) is 16.6. The summed E-state index contributed by atoms with van der Waals surface area (Å²) >= 11 is 6.66. The zero-order chi connectivity index (χ0) is 38.0. The molecule has 0 unspecified atom stereocenters. The summed E-state index contributed by atoms with van der Waals surface area (Å²) in [4.78, 5) is 11.8. The molecule has 2 heterocycles. The third-order valence-electron chi connectivity index (χ3n) is 7.60. The minimum Gasteiger partial charge on any atom is -1.00 e. The zero-order valence-electron chi connectivity index (χ0n) is 29.6. The molecule has 4 aromatic carbocycles. The van der Waals surface area contributed by atoms with E-state index in [0.29, 0.717) is 22.5 Å². The number of ether oxygens (including phenoxy) is 1. The molecule has 55 heavy (non-hydrogen) atoms. The van der Waals surface area contributed by atoms with Gasteiger partial charge >= 0.3 is 41.4 Å². The Balaban J connectivity index is 0.000000360. The molecule has 7 nitrogen and oxygen atoms in total. The summed E-state index contributed by atoms with van der Waals surface area (Å²) in [5.41, 5.74) is -0.887. The van der Waals surface area contributed by atoms with Crippen molar-refractivity contribution in [3.63, 3.8) is 0 Å². The predicted molar refractivity (Wildman–Crippen MR) is 202 cm³/mol. The average Bonchev–Trinajstić information content (AvgIpc) is 3.75. The second-order valence-electron chi connectivity index (χ2n) is 11.7. The maximum absolute atomic E-state index is 13.5. The molecule has 6 aromatic rings. The molecule has 0 bridgehead atoms. The summed E-state index contributed by atoms with van der Waals surface area (Å²) < 4.78 is 89.3. The van der Waals surface area contributed by atoms with E-state index in [1.54, 1.807) is 68.4 Å². The summed E-state index contributed by atoms with van der Waals surface area (Å²) in [6.45, 7) is 3.08. The molecule has 6 rings (SSSR count). The van der Waals surface area contributed by atoms with Gasteiger partial charge in [-0.3, -0.25) is 0 Å². The maximum atomic E-state index is 13.5. The van der Waals surface area contributed by atoms with Crippen LogP contribution in [0.1, 0.15) is 41.2 Å². The van der Waals surface area contributed by atoms with Crippen LogP contribution < -0.4 is 17.0 Å². The van der Waals surface area contributed by atoms with Crippen LogP contribution in [-0.4, -0.2) is 60.8 Å². The molecule has 0 saturated carbocycles. The Morgan fingerprint density at radius 2 is 1.05 bits per heavy atom. The second-order valence-corrected chi connectivity index (χ2v) is 13.6. The number of hydrogen-bond acceptors (Lipinski definition) is 5. The smallest absolute Gasteiger partial charge is 1.00 e. The van der Waals surface area contributed by atoms with Crippen molar-refractivity contribution in [2.24, 2.45) is 0 Å². The summed E-state index contributed by atoms with van der Waals surface area (Å²) in [5.74, 6) is -0.730. The van der Waals surface area contributed by atoms with E-state index in [4.69, 9.17) is 0 Å². The average molecular weight is 970 g/mol.